The van der Waals surface area contributed by atoms with Crippen molar-refractivity contribution in [3.05, 3.63) is 34.9 Å². The van der Waals surface area contributed by atoms with Crippen LogP contribution in [0.15, 0.2) is 24.3 Å². The van der Waals surface area contributed by atoms with Crippen molar-refractivity contribution in [1.29, 1.82) is 0 Å². The van der Waals surface area contributed by atoms with Crippen LogP contribution in [-0.2, 0) is 19.1 Å². The molecule has 2 unspecified atom stereocenters. The minimum Gasteiger partial charge on any atom is -0.439 e. The molecule has 0 saturated carbocycles. The average Bonchev–Trinajstić information content (AvgIpc) is 2.70. The van der Waals surface area contributed by atoms with Gasteiger partial charge in [0.05, 0.1) is 19.0 Å². The fourth-order valence-corrected chi connectivity index (χ4v) is 4.44. The minimum absolute atomic E-state index is 0.0539. The maximum absolute atomic E-state index is 13.4. The Labute approximate surface area is 205 Å². The number of rotatable bonds is 7. The second kappa shape index (κ2) is 10.7. The summed E-state index contributed by atoms with van der Waals surface area (Å²) in [6.45, 7) is 10.5. The Morgan fingerprint density at radius 3 is 2.32 bits per heavy atom. The van der Waals surface area contributed by atoms with Crippen LogP contribution in [0.25, 0.3) is 0 Å². The number of carbonyl (C=O) groups is 4. The highest BCUT2D eigenvalue weighted by molar-refractivity contribution is 6.30. The Hall–Kier alpha value is -2.65. The van der Waals surface area contributed by atoms with Crippen molar-refractivity contribution < 1.29 is 23.9 Å². The molecule has 9 nitrogen and oxygen atoms in total. The van der Waals surface area contributed by atoms with Crippen molar-refractivity contribution >= 4 is 35.3 Å². The summed E-state index contributed by atoms with van der Waals surface area (Å²) in [7, 11) is 0. The number of benzene rings is 1. The molecule has 1 aliphatic heterocycles. The van der Waals surface area contributed by atoms with Crippen LogP contribution in [0.4, 0.5) is 4.79 Å². The van der Waals surface area contributed by atoms with Crippen LogP contribution in [0, 0.1) is 11.3 Å². The van der Waals surface area contributed by atoms with Gasteiger partial charge in [-0.25, -0.2) is 4.79 Å². The molecule has 0 aromatic heterocycles. The highest BCUT2D eigenvalue weighted by Crippen LogP contribution is 2.40. The van der Waals surface area contributed by atoms with Gasteiger partial charge in [-0.3, -0.25) is 14.4 Å². The zero-order valence-electron chi connectivity index (χ0n) is 20.6. The number of urea groups is 1. The maximum Gasteiger partial charge on any atom is 0.321 e. The van der Waals surface area contributed by atoms with E-state index >= 15 is 0 Å². The van der Waals surface area contributed by atoms with Crippen molar-refractivity contribution in [3.63, 3.8) is 0 Å². The molecule has 2 rings (SSSR count). The molecule has 2 atom stereocenters. The number of nitrogens with two attached hydrogens (primary N) is 1. The number of amides is 3. The fourth-order valence-electron chi connectivity index (χ4n) is 4.32. The molecule has 1 fully saturated rings. The van der Waals surface area contributed by atoms with Gasteiger partial charge in [-0.15, -0.1) is 0 Å². The molecule has 34 heavy (non-hydrogen) atoms. The number of ketones is 1. The summed E-state index contributed by atoms with van der Waals surface area (Å²) in [5, 5.41) is 5.78. The topological polar surface area (TPSA) is 131 Å². The molecule has 3 amide bonds. The highest BCUT2D eigenvalue weighted by atomic mass is 35.5. The van der Waals surface area contributed by atoms with Gasteiger partial charge < -0.3 is 26.0 Å². The Morgan fingerprint density at radius 2 is 1.82 bits per heavy atom. The van der Waals surface area contributed by atoms with Crippen molar-refractivity contribution in [3.8, 4) is 0 Å². The lowest BCUT2D eigenvalue weighted by Crippen LogP contribution is -2.61. The van der Waals surface area contributed by atoms with Crippen LogP contribution >= 0.6 is 11.6 Å². The molecule has 1 aromatic carbocycles. The average molecular weight is 495 g/mol. The van der Waals surface area contributed by atoms with E-state index in [-0.39, 0.29) is 36.6 Å². The van der Waals surface area contributed by atoms with E-state index in [0.717, 1.165) is 5.56 Å². The third-order valence-electron chi connectivity index (χ3n) is 5.73. The minimum atomic E-state index is -1.32. The van der Waals surface area contributed by atoms with Gasteiger partial charge in [0, 0.05) is 11.6 Å². The van der Waals surface area contributed by atoms with Gasteiger partial charge in [-0.2, -0.15) is 0 Å². The normalized spacial score (nSPS) is 18.9. The monoisotopic (exact) mass is 494 g/mol. The van der Waals surface area contributed by atoms with Crippen LogP contribution in [-0.4, -0.2) is 60.0 Å². The standard InChI is InChI=1S/C24H35ClN4O5/c1-14(2)20(27-22(33)28-24(5,6)34-18(31)11-26)21(32)29-12-17(30)19(23(3,4)13-29)15-7-9-16(25)10-8-15/h7-10,14,19-20H,11-13,26H2,1-6H3,(H2,27,28,33). The molecule has 0 spiro atoms. The molecule has 1 saturated heterocycles. The molecule has 10 heteroatoms. The van der Waals surface area contributed by atoms with Gasteiger partial charge in [0.1, 0.15) is 6.04 Å². The summed E-state index contributed by atoms with van der Waals surface area (Å²) >= 11 is 5.99. The highest BCUT2D eigenvalue weighted by Gasteiger charge is 2.45. The molecule has 188 valence electrons. The van der Waals surface area contributed by atoms with E-state index in [1.807, 2.05) is 26.0 Å². The number of nitrogens with one attached hydrogen (secondary N) is 2. The summed E-state index contributed by atoms with van der Waals surface area (Å²) in [5.41, 5.74) is 4.27. The lowest BCUT2D eigenvalue weighted by atomic mass is 9.69. The second-order valence-electron chi connectivity index (χ2n) is 10.1. The van der Waals surface area contributed by atoms with E-state index in [9.17, 15) is 19.2 Å². The smallest absolute Gasteiger partial charge is 0.321 e. The molecule has 1 heterocycles. The third-order valence-corrected chi connectivity index (χ3v) is 5.99. The van der Waals surface area contributed by atoms with E-state index in [0.29, 0.717) is 11.6 Å². The zero-order valence-corrected chi connectivity index (χ0v) is 21.4. The predicted octanol–water partition coefficient (Wildman–Crippen LogP) is 2.42. The number of likely N-dealkylation sites (tertiary alicyclic amines) is 1. The molecule has 1 aliphatic rings. The summed E-state index contributed by atoms with van der Waals surface area (Å²) in [5.74, 6) is -1.72. The number of carbonyl (C=O) groups excluding carboxylic acids is 4. The summed E-state index contributed by atoms with van der Waals surface area (Å²) in [6, 6.07) is 5.63. The Bertz CT molecular complexity index is 930. The van der Waals surface area contributed by atoms with Crippen LogP contribution < -0.4 is 16.4 Å². The van der Waals surface area contributed by atoms with Gasteiger partial charge >= 0.3 is 12.0 Å². The Kier molecular flexibility index (Phi) is 8.71. The SMILES string of the molecule is CC(C)C(NC(=O)NC(C)(C)OC(=O)CN)C(=O)N1CC(=O)C(c2ccc(Cl)cc2)C(C)(C)C1. The Morgan fingerprint density at radius 1 is 1.24 bits per heavy atom. The number of hydrogen-bond donors (Lipinski definition) is 3. The molecule has 1 aromatic rings. The number of esters is 1. The molecule has 4 N–H and O–H groups in total. The summed E-state index contributed by atoms with van der Waals surface area (Å²) in [4.78, 5) is 52.1. The van der Waals surface area contributed by atoms with Crippen molar-refractivity contribution in [2.24, 2.45) is 17.1 Å². The van der Waals surface area contributed by atoms with Gasteiger partial charge in [0.15, 0.2) is 11.5 Å². The van der Waals surface area contributed by atoms with Crippen molar-refractivity contribution in [2.45, 2.75) is 59.2 Å². The molecule has 0 bridgehead atoms. The third kappa shape index (κ3) is 6.93. The van der Waals surface area contributed by atoms with Gasteiger partial charge in [-0.1, -0.05) is 51.4 Å². The summed E-state index contributed by atoms with van der Waals surface area (Å²) in [6.07, 6.45) is 0. The number of ether oxygens (including phenoxy) is 1. The second-order valence-corrected chi connectivity index (χ2v) is 10.6. The van der Waals surface area contributed by atoms with E-state index in [1.165, 1.54) is 18.7 Å². The Balaban J connectivity index is 2.14. The largest absolute Gasteiger partial charge is 0.439 e. The zero-order chi connectivity index (χ0) is 25.8. The van der Waals surface area contributed by atoms with E-state index in [1.54, 1.807) is 26.0 Å². The van der Waals surface area contributed by atoms with Crippen LogP contribution in [0.3, 0.4) is 0 Å². The van der Waals surface area contributed by atoms with Gasteiger partial charge in [0.2, 0.25) is 5.91 Å². The molecule has 0 aliphatic carbocycles. The van der Waals surface area contributed by atoms with E-state index in [2.05, 4.69) is 10.6 Å². The first kappa shape index (κ1) is 27.6. The van der Waals surface area contributed by atoms with E-state index in [4.69, 9.17) is 22.1 Å². The number of hydrogen-bond acceptors (Lipinski definition) is 6. The van der Waals surface area contributed by atoms with Crippen molar-refractivity contribution in [2.75, 3.05) is 19.6 Å². The number of halogens is 1. The number of Topliss-reactive ketones (excluding diaryl/α,β-unsaturated/α-hetero) is 1. The number of piperidine rings is 1. The van der Waals surface area contributed by atoms with Gasteiger partial charge in [0.25, 0.3) is 0 Å². The molecule has 0 radical (unpaired) electrons. The molecular formula is C24H35ClN4O5. The first-order chi connectivity index (χ1) is 15.7. The number of nitrogens with zero attached hydrogens (tertiary/aromatic N) is 1. The predicted molar refractivity (Wildman–Crippen MR) is 129 cm³/mol. The lowest BCUT2D eigenvalue weighted by molar-refractivity contribution is -0.156. The lowest BCUT2D eigenvalue weighted by Gasteiger charge is -2.44. The summed E-state index contributed by atoms with van der Waals surface area (Å²) < 4.78 is 5.09. The fraction of sp³-hybridized carbons (Fsp3) is 0.583. The maximum atomic E-state index is 13.4. The van der Waals surface area contributed by atoms with E-state index < -0.39 is 29.2 Å². The van der Waals surface area contributed by atoms with Crippen LogP contribution in [0.5, 0.6) is 0 Å². The quantitative estimate of drug-likeness (QED) is 0.394. The first-order valence-corrected chi connectivity index (χ1v) is 11.6. The van der Waals surface area contributed by atoms with Gasteiger partial charge in [-0.05, 0) is 42.9 Å². The molecular weight excluding hydrogens is 460 g/mol. The first-order valence-electron chi connectivity index (χ1n) is 11.2. The van der Waals surface area contributed by atoms with Crippen molar-refractivity contribution in [1.82, 2.24) is 15.5 Å². The van der Waals surface area contributed by atoms with Crippen LogP contribution in [0.2, 0.25) is 5.02 Å². The van der Waals surface area contributed by atoms with Crippen LogP contribution in [0.1, 0.15) is 53.0 Å².